The van der Waals surface area contributed by atoms with Gasteiger partial charge in [0.15, 0.2) is 12.4 Å². The number of rotatable bonds is 7. The summed E-state index contributed by atoms with van der Waals surface area (Å²) in [5.41, 5.74) is 7.44. The van der Waals surface area contributed by atoms with Crippen LogP contribution in [-0.4, -0.2) is 28.0 Å². The molecule has 0 bridgehead atoms. The van der Waals surface area contributed by atoms with Gasteiger partial charge in [0.25, 0.3) is 0 Å². The van der Waals surface area contributed by atoms with Gasteiger partial charge in [0, 0.05) is 11.8 Å². The fourth-order valence-corrected chi connectivity index (χ4v) is 2.63. The molecule has 3 N–H and O–H groups in total. The number of benzene rings is 2. The standard InChI is InChI=1S/C20H20FN5O3/c1-3-12-6-4-5-7-16(12)23-20-25-17(24-19(22)26-20)11-29-18(27)14-9-8-13(28-2)10-15(14)21/h4-10H,3,11H2,1-2H3,(H3,22,23,24,25,26). The number of hydrogen-bond acceptors (Lipinski definition) is 8. The van der Waals surface area contributed by atoms with Crippen molar-refractivity contribution in [3.63, 3.8) is 0 Å². The summed E-state index contributed by atoms with van der Waals surface area (Å²) < 4.78 is 24.0. The van der Waals surface area contributed by atoms with Crippen molar-refractivity contribution in [3.05, 3.63) is 65.2 Å². The number of nitrogens with two attached hydrogens (primary N) is 1. The maximum absolute atomic E-state index is 14.0. The van der Waals surface area contributed by atoms with Crippen LogP contribution >= 0.6 is 0 Å². The predicted molar refractivity (Wildman–Crippen MR) is 105 cm³/mol. The third kappa shape index (κ3) is 4.95. The maximum Gasteiger partial charge on any atom is 0.341 e. The lowest BCUT2D eigenvalue weighted by atomic mass is 10.1. The van der Waals surface area contributed by atoms with E-state index < -0.39 is 11.8 Å². The van der Waals surface area contributed by atoms with Crippen molar-refractivity contribution in [2.45, 2.75) is 20.0 Å². The van der Waals surface area contributed by atoms with Crippen LogP contribution in [0.5, 0.6) is 5.75 Å². The number of aromatic nitrogens is 3. The smallest absolute Gasteiger partial charge is 0.341 e. The minimum absolute atomic E-state index is 0.0295. The number of nitrogens with zero attached hydrogens (tertiary/aromatic N) is 3. The van der Waals surface area contributed by atoms with Gasteiger partial charge in [-0.05, 0) is 30.2 Å². The number of anilines is 3. The summed E-state index contributed by atoms with van der Waals surface area (Å²) in [6.07, 6.45) is 0.821. The predicted octanol–water partition coefficient (Wildman–Crippen LogP) is 3.26. The van der Waals surface area contributed by atoms with Crippen LogP contribution in [0.1, 0.15) is 28.7 Å². The number of para-hydroxylation sites is 1. The first-order chi connectivity index (χ1) is 14.0. The summed E-state index contributed by atoms with van der Waals surface area (Å²) in [5, 5.41) is 3.09. The molecule has 0 aliphatic heterocycles. The van der Waals surface area contributed by atoms with E-state index >= 15 is 0 Å². The highest BCUT2D eigenvalue weighted by Crippen LogP contribution is 2.20. The van der Waals surface area contributed by atoms with Crippen LogP contribution in [0.2, 0.25) is 0 Å². The number of halogens is 1. The van der Waals surface area contributed by atoms with Crippen LogP contribution in [0.4, 0.5) is 22.0 Å². The third-order valence-electron chi connectivity index (χ3n) is 4.07. The van der Waals surface area contributed by atoms with E-state index in [2.05, 4.69) is 20.3 Å². The van der Waals surface area contributed by atoms with Crippen molar-refractivity contribution < 1.29 is 18.7 Å². The Morgan fingerprint density at radius 1 is 1.17 bits per heavy atom. The SMILES string of the molecule is CCc1ccccc1Nc1nc(N)nc(COC(=O)c2ccc(OC)cc2F)n1. The van der Waals surface area contributed by atoms with Crippen LogP contribution in [-0.2, 0) is 17.8 Å². The molecule has 9 heteroatoms. The minimum atomic E-state index is -0.852. The van der Waals surface area contributed by atoms with E-state index in [0.717, 1.165) is 23.7 Å². The molecule has 29 heavy (non-hydrogen) atoms. The van der Waals surface area contributed by atoms with Crippen molar-refractivity contribution in [2.75, 3.05) is 18.2 Å². The number of nitrogens with one attached hydrogen (secondary N) is 1. The highest BCUT2D eigenvalue weighted by atomic mass is 19.1. The zero-order chi connectivity index (χ0) is 20.8. The normalized spacial score (nSPS) is 10.4. The second-order valence-corrected chi connectivity index (χ2v) is 5.99. The van der Waals surface area contributed by atoms with Gasteiger partial charge in [0.1, 0.15) is 11.6 Å². The molecule has 0 fully saturated rings. The zero-order valence-electron chi connectivity index (χ0n) is 16.0. The average molecular weight is 397 g/mol. The van der Waals surface area contributed by atoms with E-state index in [4.69, 9.17) is 15.2 Å². The molecule has 2 aromatic carbocycles. The van der Waals surface area contributed by atoms with Crippen molar-refractivity contribution in [3.8, 4) is 5.75 Å². The number of hydrogen-bond donors (Lipinski definition) is 2. The molecule has 0 amide bonds. The van der Waals surface area contributed by atoms with Gasteiger partial charge in [-0.1, -0.05) is 25.1 Å². The van der Waals surface area contributed by atoms with Gasteiger partial charge in [-0.3, -0.25) is 0 Å². The molecule has 150 valence electrons. The van der Waals surface area contributed by atoms with Crippen LogP contribution in [0.15, 0.2) is 42.5 Å². The molecule has 3 rings (SSSR count). The maximum atomic E-state index is 14.0. The molecule has 0 unspecified atom stereocenters. The summed E-state index contributed by atoms with van der Waals surface area (Å²) in [6.45, 7) is 1.74. The van der Waals surface area contributed by atoms with Crippen molar-refractivity contribution in [1.82, 2.24) is 15.0 Å². The van der Waals surface area contributed by atoms with Crippen LogP contribution in [0.3, 0.4) is 0 Å². The Balaban J connectivity index is 1.72. The zero-order valence-corrected chi connectivity index (χ0v) is 16.0. The van der Waals surface area contributed by atoms with E-state index in [1.54, 1.807) is 0 Å². The lowest BCUT2D eigenvalue weighted by molar-refractivity contribution is 0.0456. The molecule has 3 aromatic rings. The van der Waals surface area contributed by atoms with Gasteiger partial charge >= 0.3 is 5.97 Å². The number of ether oxygens (including phenoxy) is 2. The third-order valence-corrected chi connectivity index (χ3v) is 4.07. The second kappa shape index (κ2) is 8.96. The summed E-state index contributed by atoms with van der Waals surface area (Å²) in [4.78, 5) is 24.4. The van der Waals surface area contributed by atoms with Gasteiger partial charge in [-0.25, -0.2) is 9.18 Å². The molecule has 0 saturated heterocycles. The fourth-order valence-electron chi connectivity index (χ4n) is 2.63. The molecule has 0 aliphatic carbocycles. The Labute approximate surface area is 166 Å². The topological polar surface area (TPSA) is 112 Å². The van der Waals surface area contributed by atoms with Gasteiger partial charge in [0.05, 0.1) is 12.7 Å². The largest absolute Gasteiger partial charge is 0.497 e. The van der Waals surface area contributed by atoms with E-state index in [0.29, 0.717) is 5.75 Å². The molecule has 1 heterocycles. The molecule has 0 spiro atoms. The second-order valence-electron chi connectivity index (χ2n) is 5.99. The van der Waals surface area contributed by atoms with E-state index in [-0.39, 0.29) is 29.9 Å². The Bertz CT molecular complexity index is 1030. The van der Waals surface area contributed by atoms with Gasteiger partial charge in [0.2, 0.25) is 11.9 Å². The summed E-state index contributed by atoms with van der Waals surface area (Å²) in [7, 11) is 1.41. The Hall–Kier alpha value is -3.75. The summed E-state index contributed by atoms with van der Waals surface area (Å²) in [5.74, 6) is -0.972. The molecule has 1 aromatic heterocycles. The van der Waals surface area contributed by atoms with Gasteiger partial charge in [-0.2, -0.15) is 15.0 Å². The number of esters is 1. The van der Waals surface area contributed by atoms with E-state index in [1.807, 2.05) is 31.2 Å². The number of nitrogen functional groups attached to an aromatic ring is 1. The van der Waals surface area contributed by atoms with Crippen molar-refractivity contribution in [1.29, 1.82) is 0 Å². The van der Waals surface area contributed by atoms with Crippen molar-refractivity contribution in [2.24, 2.45) is 0 Å². The average Bonchev–Trinajstić information content (AvgIpc) is 2.72. The highest BCUT2D eigenvalue weighted by molar-refractivity contribution is 5.89. The quantitative estimate of drug-likeness (QED) is 0.584. The first-order valence-electron chi connectivity index (χ1n) is 8.86. The molecular weight excluding hydrogens is 377 g/mol. The summed E-state index contributed by atoms with van der Waals surface area (Å²) in [6, 6.07) is 11.6. The molecule has 0 radical (unpaired) electrons. The summed E-state index contributed by atoms with van der Waals surface area (Å²) >= 11 is 0. The van der Waals surface area contributed by atoms with Crippen molar-refractivity contribution >= 4 is 23.6 Å². The first kappa shape index (κ1) is 20.0. The molecular formula is C20H20FN5O3. The minimum Gasteiger partial charge on any atom is -0.497 e. The molecule has 0 aliphatic rings. The Morgan fingerprint density at radius 2 is 1.97 bits per heavy atom. The Kier molecular flexibility index (Phi) is 6.18. The highest BCUT2D eigenvalue weighted by Gasteiger charge is 2.15. The van der Waals surface area contributed by atoms with Gasteiger partial charge in [-0.15, -0.1) is 0 Å². The lowest BCUT2D eigenvalue weighted by Crippen LogP contribution is -2.12. The monoisotopic (exact) mass is 397 g/mol. The number of methoxy groups -OCH3 is 1. The molecule has 0 saturated carbocycles. The first-order valence-corrected chi connectivity index (χ1v) is 8.86. The number of carbonyl (C=O) groups excluding carboxylic acids is 1. The molecule has 8 nitrogen and oxygen atoms in total. The lowest BCUT2D eigenvalue weighted by Gasteiger charge is -2.11. The number of carbonyl (C=O) groups is 1. The fraction of sp³-hybridized carbons (Fsp3) is 0.200. The van der Waals surface area contributed by atoms with Crippen LogP contribution < -0.4 is 15.8 Å². The number of aryl methyl sites for hydroxylation is 1. The van der Waals surface area contributed by atoms with Gasteiger partial charge < -0.3 is 20.5 Å². The van der Waals surface area contributed by atoms with Crippen LogP contribution in [0.25, 0.3) is 0 Å². The van der Waals surface area contributed by atoms with Crippen LogP contribution in [0, 0.1) is 5.82 Å². The van der Waals surface area contributed by atoms with E-state index in [9.17, 15) is 9.18 Å². The Morgan fingerprint density at radius 3 is 2.69 bits per heavy atom. The van der Waals surface area contributed by atoms with E-state index in [1.165, 1.54) is 19.2 Å². The molecule has 0 atom stereocenters.